The molecule has 2 heterocycles. The monoisotopic (exact) mass is 421 g/mol. The van der Waals surface area contributed by atoms with Gasteiger partial charge < -0.3 is 15.0 Å². The Hall–Kier alpha value is -3.76. The molecule has 0 saturated carbocycles. The molecule has 3 aromatic rings. The molecule has 158 valence electrons. The summed E-state index contributed by atoms with van der Waals surface area (Å²) in [6.07, 6.45) is -0.251. The molecule has 0 bridgehead atoms. The van der Waals surface area contributed by atoms with Crippen LogP contribution in [-0.4, -0.2) is 42.7 Å². The average Bonchev–Trinajstić information content (AvgIpc) is 3.01. The summed E-state index contributed by atoms with van der Waals surface area (Å²) in [5.41, 5.74) is 4.86. The molecule has 2 N–H and O–H groups in total. The number of nitrogens with one attached hydrogen (secondary N) is 1. The third-order valence-corrected chi connectivity index (χ3v) is 3.91. The molecule has 1 amide bonds. The predicted molar refractivity (Wildman–Crippen MR) is 101 cm³/mol. The van der Waals surface area contributed by atoms with Crippen LogP contribution in [0.5, 0.6) is 0 Å². The molecule has 0 fully saturated rings. The van der Waals surface area contributed by atoms with Crippen LogP contribution in [0.2, 0.25) is 0 Å². The maximum Gasteiger partial charge on any atom is 0.490 e. The van der Waals surface area contributed by atoms with Gasteiger partial charge in [-0.1, -0.05) is 0 Å². The Morgan fingerprint density at radius 1 is 1.00 bits per heavy atom. The SMILES string of the molecule is Cc1cnc(C(=O)Nc2ccc(-n3cnc(C)c3C)cc2)cn1.O=C(O)C(F)(F)F. The maximum absolute atomic E-state index is 12.1. The van der Waals surface area contributed by atoms with Gasteiger partial charge in [0.25, 0.3) is 5.91 Å². The minimum absolute atomic E-state index is 0.278. The largest absolute Gasteiger partial charge is 0.490 e. The van der Waals surface area contributed by atoms with Crippen LogP contribution in [0.15, 0.2) is 43.0 Å². The van der Waals surface area contributed by atoms with Crippen molar-refractivity contribution >= 4 is 17.6 Å². The van der Waals surface area contributed by atoms with Gasteiger partial charge in [-0.3, -0.25) is 9.78 Å². The van der Waals surface area contributed by atoms with E-state index in [1.165, 1.54) is 6.20 Å². The van der Waals surface area contributed by atoms with E-state index >= 15 is 0 Å². The van der Waals surface area contributed by atoms with E-state index in [4.69, 9.17) is 9.90 Å². The molecule has 8 nitrogen and oxygen atoms in total. The van der Waals surface area contributed by atoms with Gasteiger partial charge in [-0.2, -0.15) is 13.2 Å². The first-order valence-corrected chi connectivity index (χ1v) is 8.50. The van der Waals surface area contributed by atoms with Crippen molar-refractivity contribution in [3.8, 4) is 5.69 Å². The molecule has 2 aromatic heterocycles. The predicted octanol–water partition coefficient (Wildman–Crippen LogP) is 3.47. The number of amides is 1. The Kier molecular flexibility index (Phi) is 6.88. The summed E-state index contributed by atoms with van der Waals surface area (Å²) in [6.45, 7) is 5.82. The highest BCUT2D eigenvalue weighted by atomic mass is 19.4. The summed E-state index contributed by atoms with van der Waals surface area (Å²) in [7, 11) is 0. The lowest BCUT2D eigenvalue weighted by Crippen LogP contribution is -2.21. The van der Waals surface area contributed by atoms with Crippen molar-refractivity contribution in [2.45, 2.75) is 26.9 Å². The van der Waals surface area contributed by atoms with E-state index in [2.05, 4.69) is 20.3 Å². The van der Waals surface area contributed by atoms with Gasteiger partial charge in [0.1, 0.15) is 5.69 Å². The number of anilines is 1. The highest BCUT2D eigenvalue weighted by Crippen LogP contribution is 2.17. The Morgan fingerprint density at radius 2 is 1.60 bits per heavy atom. The second kappa shape index (κ2) is 9.16. The Balaban J connectivity index is 0.000000396. The van der Waals surface area contributed by atoms with Crippen molar-refractivity contribution < 1.29 is 27.9 Å². The molecule has 0 spiro atoms. The van der Waals surface area contributed by atoms with E-state index in [9.17, 15) is 18.0 Å². The summed E-state index contributed by atoms with van der Waals surface area (Å²) in [5, 5.41) is 9.93. The highest BCUT2D eigenvalue weighted by Gasteiger charge is 2.38. The van der Waals surface area contributed by atoms with Gasteiger partial charge in [0.2, 0.25) is 0 Å². The zero-order valence-electron chi connectivity index (χ0n) is 16.2. The number of imidazole rings is 1. The number of carboxylic acids is 1. The van der Waals surface area contributed by atoms with Gasteiger partial charge in [0.05, 0.1) is 23.9 Å². The van der Waals surface area contributed by atoms with E-state index in [-0.39, 0.29) is 5.91 Å². The van der Waals surface area contributed by atoms with Gasteiger partial charge in [0.15, 0.2) is 0 Å². The number of aromatic nitrogens is 4. The smallest absolute Gasteiger partial charge is 0.475 e. The van der Waals surface area contributed by atoms with E-state index in [0.29, 0.717) is 11.4 Å². The molecule has 0 aliphatic heterocycles. The number of nitrogens with zero attached hydrogens (tertiary/aromatic N) is 4. The zero-order valence-corrected chi connectivity index (χ0v) is 16.2. The van der Waals surface area contributed by atoms with Crippen LogP contribution in [0.4, 0.5) is 18.9 Å². The van der Waals surface area contributed by atoms with Gasteiger partial charge in [-0.05, 0) is 45.0 Å². The molecular weight excluding hydrogens is 403 g/mol. The summed E-state index contributed by atoms with van der Waals surface area (Å²) in [6, 6.07) is 7.57. The fraction of sp³-hybridized carbons (Fsp3) is 0.211. The Morgan fingerprint density at radius 3 is 2.03 bits per heavy atom. The standard InChI is InChI=1S/C17H17N5O.C2HF3O2/c1-11-8-19-16(9-18-11)17(23)21-14-4-6-15(7-5-14)22-10-20-12(2)13(22)3;3-2(4,5)1(6)7/h4-10H,1-3H3,(H,21,23);(H,6,7). The summed E-state index contributed by atoms with van der Waals surface area (Å²) in [4.78, 5) is 33.4. The molecular formula is C19H18F3N5O3. The van der Waals surface area contributed by atoms with Crippen molar-refractivity contribution in [2.75, 3.05) is 5.32 Å². The van der Waals surface area contributed by atoms with Crippen LogP contribution in [0, 0.1) is 20.8 Å². The van der Waals surface area contributed by atoms with Crippen molar-refractivity contribution in [3.63, 3.8) is 0 Å². The number of aryl methyl sites for hydroxylation is 2. The van der Waals surface area contributed by atoms with E-state index in [1.807, 2.05) is 49.6 Å². The van der Waals surface area contributed by atoms with E-state index in [0.717, 1.165) is 22.8 Å². The summed E-state index contributed by atoms with van der Waals surface area (Å²) in [5.74, 6) is -3.03. The van der Waals surface area contributed by atoms with Crippen LogP contribution >= 0.6 is 0 Å². The molecule has 0 aliphatic rings. The lowest BCUT2D eigenvalue weighted by molar-refractivity contribution is -0.192. The summed E-state index contributed by atoms with van der Waals surface area (Å²) >= 11 is 0. The lowest BCUT2D eigenvalue weighted by Gasteiger charge is -2.08. The second-order valence-corrected chi connectivity index (χ2v) is 6.13. The number of carbonyl (C=O) groups excluding carboxylic acids is 1. The van der Waals surface area contributed by atoms with Crippen molar-refractivity contribution in [3.05, 3.63) is 65.8 Å². The van der Waals surface area contributed by atoms with Crippen molar-refractivity contribution in [2.24, 2.45) is 0 Å². The van der Waals surface area contributed by atoms with Crippen molar-refractivity contribution in [1.29, 1.82) is 0 Å². The molecule has 11 heteroatoms. The number of hydrogen-bond donors (Lipinski definition) is 2. The number of carbonyl (C=O) groups is 2. The molecule has 3 rings (SSSR count). The molecule has 0 radical (unpaired) electrons. The first-order chi connectivity index (χ1) is 14.0. The third-order valence-electron chi connectivity index (χ3n) is 3.91. The molecule has 1 aromatic carbocycles. The Labute approximate surface area is 169 Å². The first-order valence-electron chi connectivity index (χ1n) is 8.50. The number of rotatable bonds is 3. The minimum atomic E-state index is -5.08. The maximum atomic E-state index is 12.1. The zero-order chi connectivity index (χ0) is 22.5. The molecule has 30 heavy (non-hydrogen) atoms. The first kappa shape index (κ1) is 22.5. The number of alkyl halides is 3. The van der Waals surface area contributed by atoms with Crippen LogP contribution in [0.25, 0.3) is 5.69 Å². The molecule has 0 atom stereocenters. The second-order valence-electron chi connectivity index (χ2n) is 6.13. The number of benzene rings is 1. The number of carboxylic acid groups (broad SMARTS) is 1. The van der Waals surface area contributed by atoms with Gasteiger partial charge >= 0.3 is 12.1 Å². The third kappa shape index (κ3) is 5.87. The molecule has 0 unspecified atom stereocenters. The number of hydrogen-bond acceptors (Lipinski definition) is 5. The summed E-state index contributed by atoms with van der Waals surface area (Å²) < 4.78 is 33.7. The highest BCUT2D eigenvalue weighted by molar-refractivity contribution is 6.02. The van der Waals surface area contributed by atoms with Gasteiger partial charge in [-0.15, -0.1) is 0 Å². The van der Waals surface area contributed by atoms with E-state index < -0.39 is 12.1 Å². The average molecular weight is 421 g/mol. The molecule has 0 aliphatic carbocycles. The Bertz CT molecular complexity index is 1030. The normalized spacial score (nSPS) is 10.7. The molecule has 0 saturated heterocycles. The number of aliphatic carboxylic acids is 1. The lowest BCUT2D eigenvalue weighted by atomic mass is 10.2. The fourth-order valence-corrected chi connectivity index (χ4v) is 2.17. The van der Waals surface area contributed by atoms with Crippen LogP contribution in [0.1, 0.15) is 27.6 Å². The van der Waals surface area contributed by atoms with Crippen LogP contribution in [-0.2, 0) is 4.79 Å². The van der Waals surface area contributed by atoms with Crippen LogP contribution < -0.4 is 5.32 Å². The van der Waals surface area contributed by atoms with E-state index in [1.54, 1.807) is 12.5 Å². The van der Waals surface area contributed by atoms with Gasteiger partial charge in [0, 0.05) is 23.3 Å². The van der Waals surface area contributed by atoms with Crippen molar-refractivity contribution in [1.82, 2.24) is 19.5 Å². The van der Waals surface area contributed by atoms with Crippen LogP contribution in [0.3, 0.4) is 0 Å². The fourth-order valence-electron chi connectivity index (χ4n) is 2.17. The number of halogens is 3. The van der Waals surface area contributed by atoms with Gasteiger partial charge in [-0.25, -0.2) is 14.8 Å². The quantitative estimate of drug-likeness (QED) is 0.670. The topological polar surface area (TPSA) is 110 Å². The minimum Gasteiger partial charge on any atom is -0.475 e.